The van der Waals surface area contributed by atoms with Gasteiger partial charge in [-0.1, -0.05) is 0 Å². The van der Waals surface area contributed by atoms with Gasteiger partial charge in [0.2, 0.25) is 5.91 Å². The number of aryl methyl sites for hydroxylation is 1. The molecule has 3 rings (SSSR count). The van der Waals surface area contributed by atoms with E-state index >= 15 is 0 Å². The quantitative estimate of drug-likeness (QED) is 0.872. The lowest BCUT2D eigenvalue weighted by atomic mass is 9.97. The smallest absolute Gasteiger partial charge is 0.373 e. The van der Waals surface area contributed by atoms with E-state index in [1.54, 1.807) is 10.9 Å². The highest BCUT2D eigenvalue weighted by atomic mass is 19.4. The predicted octanol–water partition coefficient (Wildman–Crippen LogP) is 1.25. The lowest BCUT2D eigenvalue weighted by Gasteiger charge is -2.21. The minimum atomic E-state index is -4.35. The highest BCUT2D eigenvalue weighted by molar-refractivity contribution is 5.84. The Hall–Kier alpha value is -1.61. The number of carbonyl (C=O) groups excluding carboxylic acids is 1. The molecule has 0 spiro atoms. The van der Waals surface area contributed by atoms with Crippen molar-refractivity contribution in [3.8, 4) is 0 Å². The maximum atomic E-state index is 12.4. The van der Waals surface area contributed by atoms with Gasteiger partial charge in [-0.3, -0.25) is 9.48 Å². The Balaban J connectivity index is 1.53. The molecule has 1 aromatic rings. The van der Waals surface area contributed by atoms with Crippen molar-refractivity contribution in [2.75, 3.05) is 26.2 Å². The molecule has 24 heavy (non-hydrogen) atoms. The highest BCUT2D eigenvalue weighted by Gasteiger charge is 2.40. The van der Waals surface area contributed by atoms with Crippen LogP contribution < -0.4 is 5.32 Å². The van der Waals surface area contributed by atoms with Gasteiger partial charge >= 0.3 is 6.18 Å². The summed E-state index contributed by atoms with van der Waals surface area (Å²) in [5.41, 5.74) is 0.984. The van der Waals surface area contributed by atoms with E-state index < -0.39 is 24.7 Å². The Bertz CT molecular complexity index is 590. The normalized spacial score (nSPS) is 28.1. The molecule has 9 heteroatoms. The van der Waals surface area contributed by atoms with Crippen LogP contribution in [-0.4, -0.2) is 59.0 Å². The van der Waals surface area contributed by atoms with Gasteiger partial charge in [-0.2, -0.15) is 18.3 Å². The first-order chi connectivity index (χ1) is 11.3. The van der Waals surface area contributed by atoms with Gasteiger partial charge in [-0.25, -0.2) is 0 Å². The van der Waals surface area contributed by atoms with E-state index in [1.165, 1.54) is 0 Å². The minimum absolute atomic E-state index is 0.0889. The van der Waals surface area contributed by atoms with Crippen LogP contribution in [0.4, 0.5) is 13.2 Å². The summed E-state index contributed by atoms with van der Waals surface area (Å²) in [7, 11) is 1.83. The van der Waals surface area contributed by atoms with Crippen LogP contribution in [0.1, 0.15) is 24.5 Å². The summed E-state index contributed by atoms with van der Waals surface area (Å²) >= 11 is 0. The molecule has 0 radical (unpaired) electrons. The number of nitrogens with zero attached hydrogens (tertiary/aromatic N) is 3. The van der Waals surface area contributed by atoms with Crippen molar-refractivity contribution in [3.05, 3.63) is 18.0 Å². The standard InChI is InChI=1S/C15H21F3N4O2/c1-21-8-11(7-20-21)13-10(3-5-24-13)6-19-12-2-4-22(14(12)23)9-15(16,17)18/h7-8,10,12-13,19H,2-6,9H2,1H3/t10-,12+,13-/m1/s1. The van der Waals surface area contributed by atoms with Gasteiger partial charge in [0.1, 0.15) is 6.54 Å². The van der Waals surface area contributed by atoms with E-state index in [2.05, 4.69) is 10.4 Å². The van der Waals surface area contributed by atoms with Crippen molar-refractivity contribution in [1.29, 1.82) is 0 Å². The Morgan fingerprint density at radius 2 is 2.21 bits per heavy atom. The first-order valence-corrected chi connectivity index (χ1v) is 8.02. The van der Waals surface area contributed by atoms with Crippen LogP contribution in [0.5, 0.6) is 0 Å². The number of amides is 1. The zero-order chi connectivity index (χ0) is 17.3. The summed E-state index contributed by atoms with van der Waals surface area (Å²) in [5, 5.41) is 7.27. The fourth-order valence-electron chi connectivity index (χ4n) is 3.39. The average molecular weight is 346 g/mol. The molecule has 0 unspecified atom stereocenters. The number of hydrogen-bond acceptors (Lipinski definition) is 4. The molecule has 0 aliphatic carbocycles. The highest BCUT2D eigenvalue weighted by Crippen LogP contribution is 2.34. The first kappa shape index (κ1) is 17.2. The molecule has 6 nitrogen and oxygen atoms in total. The third-order valence-electron chi connectivity index (χ3n) is 4.56. The van der Waals surface area contributed by atoms with Gasteiger partial charge < -0.3 is 15.0 Å². The molecule has 3 heterocycles. The van der Waals surface area contributed by atoms with Gasteiger partial charge in [-0.15, -0.1) is 0 Å². The van der Waals surface area contributed by atoms with Crippen molar-refractivity contribution in [1.82, 2.24) is 20.0 Å². The SMILES string of the molecule is Cn1cc([C@@H]2OCC[C@@H]2CN[C@H]2CCN(CC(F)(F)F)C2=O)cn1. The van der Waals surface area contributed by atoms with Crippen LogP contribution in [0.25, 0.3) is 0 Å². The Morgan fingerprint density at radius 3 is 2.88 bits per heavy atom. The van der Waals surface area contributed by atoms with E-state index in [0.29, 0.717) is 19.6 Å². The average Bonchev–Trinajstić information content (AvgIpc) is 3.18. The molecule has 2 aliphatic rings. The third kappa shape index (κ3) is 3.89. The van der Waals surface area contributed by atoms with Crippen LogP contribution in [0.15, 0.2) is 12.4 Å². The van der Waals surface area contributed by atoms with Crippen LogP contribution in [0, 0.1) is 5.92 Å². The van der Waals surface area contributed by atoms with E-state index in [9.17, 15) is 18.0 Å². The van der Waals surface area contributed by atoms with Crippen molar-refractivity contribution in [3.63, 3.8) is 0 Å². The molecule has 2 fully saturated rings. The third-order valence-corrected chi connectivity index (χ3v) is 4.56. The molecule has 0 saturated carbocycles. The number of carbonyl (C=O) groups is 1. The van der Waals surface area contributed by atoms with Gasteiger partial charge in [-0.05, 0) is 12.8 Å². The van der Waals surface area contributed by atoms with Crippen molar-refractivity contribution >= 4 is 5.91 Å². The van der Waals surface area contributed by atoms with Crippen LogP contribution >= 0.6 is 0 Å². The zero-order valence-electron chi connectivity index (χ0n) is 13.4. The largest absolute Gasteiger partial charge is 0.406 e. The number of rotatable bonds is 5. The Labute approximate surface area is 137 Å². The Kier molecular flexibility index (Phi) is 4.82. The summed E-state index contributed by atoms with van der Waals surface area (Å²) in [6.45, 7) is 0.138. The van der Waals surface area contributed by atoms with Gasteiger partial charge in [0.05, 0.1) is 18.3 Å². The number of ether oxygens (including phenoxy) is 1. The van der Waals surface area contributed by atoms with Crippen LogP contribution in [0.3, 0.4) is 0 Å². The van der Waals surface area contributed by atoms with Crippen LogP contribution in [-0.2, 0) is 16.6 Å². The van der Waals surface area contributed by atoms with Crippen molar-refractivity contribution < 1.29 is 22.7 Å². The molecule has 1 amide bonds. The number of alkyl halides is 3. The van der Waals surface area contributed by atoms with E-state index in [0.717, 1.165) is 16.9 Å². The summed E-state index contributed by atoms with van der Waals surface area (Å²) in [4.78, 5) is 12.9. The second kappa shape index (κ2) is 6.72. The molecule has 134 valence electrons. The Morgan fingerprint density at radius 1 is 1.42 bits per heavy atom. The number of likely N-dealkylation sites (tertiary alicyclic amines) is 1. The molecule has 1 aromatic heterocycles. The second-order valence-electron chi connectivity index (χ2n) is 6.41. The lowest BCUT2D eigenvalue weighted by molar-refractivity contribution is -0.158. The summed E-state index contributed by atoms with van der Waals surface area (Å²) in [6, 6.07) is -0.539. The van der Waals surface area contributed by atoms with Crippen LogP contribution in [0.2, 0.25) is 0 Å². The topological polar surface area (TPSA) is 59.4 Å². The molecule has 0 aromatic carbocycles. The van der Waals surface area contributed by atoms with E-state index in [-0.39, 0.29) is 18.6 Å². The zero-order valence-corrected chi connectivity index (χ0v) is 13.4. The maximum absolute atomic E-state index is 12.4. The number of nitrogens with one attached hydrogen (secondary N) is 1. The number of hydrogen-bond donors (Lipinski definition) is 1. The molecule has 1 N–H and O–H groups in total. The molecule has 3 atom stereocenters. The molecule has 0 bridgehead atoms. The molecular weight excluding hydrogens is 325 g/mol. The number of halogens is 3. The van der Waals surface area contributed by atoms with E-state index in [4.69, 9.17) is 4.74 Å². The predicted molar refractivity (Wildman–Crippen MR) is 79.1 cm³/mol. The monoisotopic (exact) mass is 346 g/mol. The van der Waals surface area contributed by atoms with Crippen molar-refractivity contribution in [2.45, 2.75) is 31.2 Å². The summed E-state index contributed by atoms with van der Waals surface area (Å²) in [5.74, 6) is -0.289. The fraction of sp³-hybridized carbons (Fsp3) is 0.733. The van der Waals surface area contributed by atoms with E-state index in [1.807, 2.05) is 13.2 Å². The number of aromatic nitrogens is 2. The minimum Gasteiger partial charge on any atom is -0.373 e. The molecular formula is C15H21F3N4O2. The maximum Gasteiger partial charge on any atom is 0.406 e. The molecule has 2 saturated heterocycles. The fourth-order valence-corrected chi connectivity index (χ4v) is 3.39. The first-order valence-electron chi connectivity index (χ1n) is 8.02. The second-order valence-corrected chi connectivity index (χ2v) is 6.41. The lowest BCUT2D eigenvalue weighted by Crippen LogP contribution is -2.43. The molecule has 2 aliphatic heterocycles. The summed E-state index contributed by atoms with van der Waals surface area (Å²) < 4.78 is 44.8. The van der Waals surface area contributed by atoms with Gasteiger partial charge in [0.15, 0.2) is 0 Å². The van der Waals surface area contributed by atoms with Gasteiger partial charge in [0.25, 0.3) is 0 Å². The van der Waals surface area contributed by atoms with Gasteiger partial charge in [0, 0.05) is 44.4 Å². The van der Waals surface area contributed by atoms with Crippen molar-refractivity contribution in [2.24, 2.45) is 13.0 Å². The summed E-state index contributed by atoms with van der Waals surface area (Å²) in [6.07, 6.45) is 0.465.